The average Bonchev–Trinajstić information content (AvgIpc) is 2.31. The molecule has 0 atom stereocenters. The van der Waals surface area contributed by atoms with Crippen LogP contribution in [0.5, 0.6) is 0 Å². The second-order valence-electron chi connectivity index (χ2n) is 2.71. The molecule has 1 saturated heterocycles. The van der Waals surface area contributed by atoms with Crippen LogP contribution in [-0.4, -0.2) is 17.3 Å². The minimum Gasteiger partial charge on any atom is -0.294 e. The summed E-state index contributed by atoms with van der Waals surface area (Å²) in [5.74, 6) is 2.37. The molecule has 0 aromatic carbocycles. The van der Waals surface area contributed by atoms with E-state index >= 15 is 0 Å². The smallest absolute Gasteiger partial charge is 0.169 e. The fourth-order valence-corrected chi connectivity index (χ4v) is 2.78. The number of thioether (sulfide) groups is 1. The Labute approximate surface area is 84.1 Å². The first-order chi connectivity index (χ1) is 5.79. The number of halogens is 1. The van der Waals surface area contributed by atoms with E-state index in [4.69, 9.17) is 11.6 Å². The number of hydrogen-bond donors (Lipinski definition) is 0. The van der Waals surface area contributed by atoms with Gasteiger partial charge < -0.3 is 0 Å². The fraction of sp³-hybridized carbons (Fsp3) is 0.375. The highest BCUT2D eigenvalue weighted by molar-refractivity contribution is 8.00. The van der Waals surface area contributed by atoms with E-state index in [0.29, 0.717) is 9.90 Å². The van der Waals surface area contributed by atoms with Gasteiger partial charge in [0.25, 0.3) is 0 Å². The van der Waals surface area contributed by atoms with Crippen LogP contribution in [0.4, 0.5) is 0 Å². The van der Waals surface area contributed by atoms with Crippen molar-refractivity contribution in [3.8, 4) is 0 Å². The number of ketones is 1. The standard InChI is InChI=1S/C8H7ClOS2/c9-8-6(1-2-12-8)7(10)5-3-11-4-5/h1-2,5H,3-4H2. The van der Waals surface area contributed by atoms with Crippen molar-refractivity contribution in [3.05, 3.63) is 21.3 Å². The van der Waals surface area contributed by atoms with Crippen LogP contribution in [0.15, 0.2) is 11.4 Å². The second kappa shape index (κ2) is 3.40. The summed E-state index contributed by atoms with van der Waals surface area (Å²) in [5.41, 5.74) is 0.715. The lowest BCUT2D eigenvalue weighted by Gasteiger charge is -2.22. The molecule has 1 aliphatic rings. The molecule has 1 aromatic heterocycles. The zero-order valence-corrected chi connectivity index (χ0v) is 8.64. The van der Waals surface area contributed by atoms with E-state index in [1.807, 2.05) is 23.2 Å². The normalized spacial score (nSPS) is 17.4. The van der Waals surface area contributed by atoms with Crippen molar-refractivity contribution in [1.82, 2.24) is 0 Å². The number of hydrogen-bond acceptors (Lipinski definition) is 3. The Balaban J connectivity index is 2.19. The molecule has 4 heteroatoms. The van der Waals surface area contributed by atoms with Gasteiger partial charge >= 0.3 is 0 Å². The fourth-order valence-electron chi connectivity index (χ4n) is 1.08. The molecule has 0 saturated carbocycles. The summed E-state index contributed by atoms with van der Waals surface area (Å²) in [7, 11) is 0. The minimum absolute atomic E-state index is 0.222. The quantitative estimate of drug-likeness (QED) is 0.710. The van der Waals surface area contributed by atoms with Gasteiger partial charge in [-0.15, -0.1) is 11.3 Å². The van der Waals surface area contributed by atoms with Gasteiger partial charge in [0.2, 0.25) is 0 Å². The summed E-state index contributed by atoms with van der Waals surface area (Å²) >= 11 is 9.09. The van der Waals surface area contributed by atoms with Gasteiger partial charge in [0.1, 0.15) is 4.34 Å². The molecule has 0 unspecified atom stereocenters. The monoisotopic (exact) mass is 218 g/mol. The maximum atomic E-state index is 11.6. The minimum atomic E-state index is 0.222. The summed E-state index contributed by atoms with van der Waals surface area (Å²) in [5, 5.41) is 1.86. The molecule has 0 radical (unpaired) electrons. The molecule has 1 nitrogen and oxygen atoms in total. The van der Waals surface area contributed by atoms with Crippen LogP contribution in [-0.2, 0) is 0 Å². The molecule has 0 bridgehead atoms. The lowest BCUT2D eigenvalue weighted by atomic mass is 10.0. The number of carbonyl (C=O) groups excluding carboxylic acids is 1. The topological polar surface area (TPSA) is 17.1 Å². The SMILES string of the molecule is O=C(c1ccsc1Cl)C1CSC1. The Kier molecular flexibility index (Phi) is 2.44. The van der Waals surface area contributed by atoms with Crippen molar-refractivity contribution >= 4 is 40.5 Å². The van der Waals surface area contributed by atoms with Gasteiger partial charge in [-0.3, -0.25) is 4.79 Å². The van der Waals surface area contributed by atoms with Crippen LogP contribution in [0, 0.1) is 5.92 Å². The predicted octanol–water partition coefficient (Wildman–Crippen LogP) is 2.95. The van der Waals surface area contributed by atoms with Gasteiger partial charge in [0.15, 0.2) is 5.78 Å². The predicted molar refractivity (Wildman–Crippen MR) is 54.5 cm³/mol. The summed E-state index contributed by atoms with van der Waals surface area (Å²) in [6.45, 7) is 0. The van der Waals surface area contributed by atoms with Crippen molar-refractivity contribution in [1.29, 1.82) is 0 Å². The molecule has 12 heavy (non-hydrogen) atoms. The molecule has 0 spiro atoms. The second-order valence-corrected chi connectivity index (χ2v) is 5.30. The van der Waals surface area contributed by atoms with Gasteiger partial charge in [-0.25, -0.2) is 0 Å². The first kappa shape index (κ1) is 8.60. The highest BCUT2D eigenvalue weighted by Gasteiger charge is 2.28. The first-order valence-electron chi connectivity index (χ1n) is 3.64. The van der Waals surface area contributed by atoms with E-state index in [1.165, 1.54) is 11.3 Å². The van der Waals surface area contributed by atoms with E-state index < -0.39 is 0 Å². The van der Waals surface area contributed by atoms with Crippen molar-refractivity contribution in [2.75, 3.05) is 11.5 Å². The van der Waals surface area contributed by atoms with Crippen LogP contribution >= 0.6 is 34.7 Å². The number of Topliss-reactive ketones (excluding diaryl/α,β-unsaturated/α-hetero) is 1. The van der Waals surface area contributed by atoms with Gasteiger partial charge in [0, 0.05) is 23.0 Å². The molecule has 2 heterocycles. The molecule has 0 N–H and O–H groups in total. The third kappa shape index (κ3) is 1.41. The van der Waals surface area contributed by atoms with Gasteiger partial charge in [-0.2, -0.15) is 11.8 Å². The summed E-state index contributed by atoms with van der Waals surface area (Å²) in [6, 6.07) is 1.82. The highest BCUT2D eigenvalue weighted by atomic mass is 35.5. The summed E-state index contributed by atoms with van der Waals surface area (Å²) < 4.78 is 0.636. The van der Waals surface area contributed by atoms with Crippen LogP contribution in [0.25, 0.3) is 0 Å². The van der Waals surface area contributed by atoms with Crippen LogP contribution in [0.1, 0.15) is 10.4 Å². The Morgan fingerprint density at radius 2 is 2.33 bits per heavy atom. The molecular weight excluding hydrogens is 212 g/mol. The zero-order chi connectivity index (χ0) is 8.55. The Bertz CT molecular complexity index is 304. The zero-order valence-electron chi connectivity index (χ0n) is 6.25. The molecule has 1 fully saturated rings. The number of thiophene rings is 1. The number of carbonyl (C=O) groups is 1. The van der Waals surface area contributed by atoms with Crippen molar-refractivity contribution in [2.24, 2.45) is 5.92 Å². The van der Waals surface area contributed by atoms with Crippen molar-refractivity contribution < 1.29 is 4.79 Å². The Hall–Kier alpha value is 0.01000. The van der Waals surface area contributed by atoms with E-state index in [9.17, 15) is 4.79 Å². The third-order valence-electron chi connectivity index (χ3n) is 1.89. The third-order valence-corrected chi connectivity index (χ3v) is 4.34. The largest absolute Gasteiger partial charge is 0.294 e. The average molecular weight is 219 g/mol. The lowest BCUT2D eigenvalue weighted by Crippen LogP contribution is -2.27. The molecular formula is C8H7ClOS2. The number of rotatable bonds is 2. The van der Waals surface area contributed by atoms with Crippen LogP contribution in [0.3, 0.4) is 0 Å². The van der Waals surface area contributed by atoms with Gasteiger partial charge in [-0.1, -0.05) is 11.6 Å². The van der Waals surface area contributed by atoms with E-state index in [0.717, 1.165) is 11.5 Å². The summed E-state index contributed by atoms with van der Waals surface area (Å²) in [4.78, 5) is 11.6. The molecule has 0 amide bonds. The maximum Gasteiger partial charge on any atom is 0.169 e. The molecule has 64 valence electrons. The lowest BCUT2D eigenvalue weighted by molar-refractivity contribution is 0.0939. The van der Waals surface area contributed by atoms with Crippen LogP contribution in [0.2, 0.25) is 4.34 Å². The Morgan fingerprint density at radius 3 is 2.75 bits per heavy atom. The maximum absolute atomic E-state index is 11.6. The summed E-state index contributed by atoms with van der Waals surface area (Å²) in [6.07, 6.45) is 0. The molecule has 0 aliphatic carbocycles. The van der Waals surface area contributed by atoms with Crippen LogP contribution < -0.4 is 0 Å². The van der Waals surface area contributed by atoms with Gasteiger partial charge in [-0.05, 0) is 11.4 Å². The molecule has 1 aliphatic heterocycles. The van der Waals surface area contributed by atoms with E-state index in [-0.39, 0.29) is 11.7 Å². The van der Waals surface area contributed by atoms with Crippen molar-refractivity contribution in [2.45, 2.75) is 0 Å². The van der Waals surface area contributed by atoms with E-state index in [2.05, 4.69) is 0 Å². The first-order valence-corrected chi connectivity index (χ1v) is 6.05. The Morgan fingerprint density at radius 1 is 1.58 bits per heavy atom. The van der Waals surface area contributed by atoms with Crippen molar-refractivity contribution in [3.63, 3.8) is 0 Å². The van der Waals surface area contributed by atoms with Gasteiger partial charge in [0.05, 0.1) is 0 Å². The molecule has 1 aromatic rings. The molecule has 2 rings (SSSR count). The highest BCUT2D eigenvalue weighted by Crippen LogP contribution is 2.32. The van der Waals surface area contributed by atoms with E-state index in [1.54, 1.807) is 0 Å².